The summed E-state index contributed by atoms with van der Waals surface area (Å²) in [6.45, 7) is 3.66. The van der Waals surface area contributed by atoms with Gasteiger partial charge in [-0.15, -0.1) is 0 Å². The molecule has 160 valence electrons. The molecule has 3 N–H and O–H groups in total. The summed E-state index contributed by atoms with van der Waals surface area (Å²) in [7, 11) is 0. The number of fused-ring (bicyclic) bond motifs is 2. The number of hydrogen-bond donors (Lipinski definition) is 3. The minimum Gasteiger partial charge on any atom is -0.322 e. The van der Waals surface area contributed by atoms with Gasteiger partial charge in [-0.25, -0.2) is 0 Å². The Kier molecular flexibility index (Phi) is 5.29. The van der Waals surface area contributed by atoms with E-state index < -0.39 is 6.04 Å². The third-order valence-electron chi connectivity index (χ3n) is 6.51. The molecule has 7 nitrogen and oxygen atoms in total. The lowest BCUT2D eigenvalue weighted by Gasteiger charge is -2.29. The number of hydrogen-bond acceptors (Lipinski definition) is 5. The fourth-order valence-corrected chi connectivity index (χ4v) is 4.95. The maximum absolute atomic E-state index is 13.2. The first-order valence-corrected chi connectivity index (χ1v) is 10.9. The Bertz CT molecular complexity index is 1060. The van der Waals surface area contributed by atoms with Crippen LogP contribution in [-0.4, -0.2) is 35.2 Å². The van der Waals surface area contributed by atoms with E-state index in [2.05, 4.69) is 34.1 Å². The van der Waals surface area contributed by atoms with Gasteiger partial charge in [0.25, 0.3) is 5.91 Å². The summed E-state index contributed by atoms with van der Waals surface area (Å²) in [6, 6.07) is 11.8. The van der Waals surface area contributed by atoms with E-state index >= 15 is 0 Å². The Morgan fingerprint density at radius 2 is 1.74 bits per heavy atom. The molecule has 2 aromatic rings. The Morgan fingerprint density at radius 1 is 0.968 bits per heavy atom. The van der Waals surface area contributed by atoms with Crippen molar-refractivity contribution in [3.8, 4) is 0 Å². The van der Waals surface area contributed by atoms with Gasteiger partial charge in [0.1, 0.15) is 6.04 Å². The average molecular weight is 418 g/mol. The van der Waals surface area contributed by atoms with Gasteiger partial charge < -0.3 is 15.5 Å². The highest BCUT2D eigenvalue weighted by molar-refractivity contribution is 6.05. The molecular weight excluding hydrogens is 392 g/mol. The second-order valence-electron chi connectivity index (χ2n) is 8.44. The maximum Gasteiger partial charge on any atom is 0.255 e. The van der Waals surface area contributed by atoms with Crippen LogP contribution in [0.1, 0.15) is 51.0 Å². The Labute approximate surface area is 181 Å². The first-order chi connectivity index (χ1) is 15.1. The molecule has 0 aromatic heterocycles. The van der Waals surface area contributed by atoms with Gasteiger partial charge in [-0.1, -0.05) is 36.4 Å². The van der Waals surface area contributed by atoms with Gasteiger partial charge in [-0.05, 0) is 47.2 Å². The molecule has 1 atom stereocenters. The van der Waals surface area contributed by atoms with Crippen molar-refractivity contribution in [3.63, 3.8) is 0 Å². The van der Waals surface area contributed by atoms with Crippen LogP contribution in [0.2, 0.25) is 0 Å². The van der Waals surface area contributed by atoms with Gasteiger partial charge >= 0.3 is 0 Å². The summed E-state index contributed by atoms with van der Waals surface area (Å²) in [6.07, 6.45) is 1.68. The molecule has 7 heteroatoms. The molecular formula is C24H26N4O3. The van der Waals surface area contributed by atoms with Crippen molar-refractivity contribution in [2.24, 2.45) is 0 Å². The zero-order valence-corrected chi connectivity index (χ0v) is 17.4. The Hall–Kier alpha value is -3.03. The van der Waals surface area contributed by atoms with Crippen LogP contribution in [0.3, 0.4) is 0 Å². The molecule has 0 saturated carbocycles. The molecule has 3 heterocycles. The van der Waals surface area contributed by atoms with Crippen molar-refractivity contribution in [3.05, 3.63) is 69.8 Å². The molecule has 3 amide bonds. The van der Waals surface area contributed by atoms with Crippen molar-refractivity contribution in [2.45, 2.75) is 51.5 Å². The van der Waals surface area contributed by atoms with Crippen LogP contribution < -0.4 is 16.0 Å². The van der Waals surface area contributed by atoms with Crippen LogP contribution >= 0.6 is 0 Å². The summed E-state index contributed by atoms with van der Waals surface area (Å²) >= 11 is 0. The van der Waals surface area contributed by atoms with Gasteiger partial charge in [0, 0.05) is 38.2 Å². The zero-order chi connectivity index (χ0) is 21.4. The minimum atomic E-state index is -0.581. The highest BCUT2D eigenvalue weighted by Crippen LogP contribution is 2.30. The van der Waals surface area contributed by atoms with Crippen LogP contribution in [-0.2, 0) is 42.2 Å². The van der Waals surface area contributed by atoms with Crippen LogP contribution in [0.5, 0.6) is 0 Å². The fourth-order valence-electron chi connectivity index (χ4n) is 4.95. The first-order valence-electron chi connectivity index (χ1n) is 10.9. The molecule has 0 bridgehead atoms. The van der Waals surface area contributed by atoms with E-state index in [-0.39, 0.29) is 24.1 Å². The molecule has 5 rings (SSSR count). The monoisotopic (exact) mass is 418 g/mol. The third-order valence-corrected chi connectivity index (χ3v) is 6.51. The quantitative estimate of drug-likeness (QED) is 0.639. The summed E-state index contributed by atoms with van der Waals surface area (Å²) in [4.78, 5) is 38.5. The van der Waals surface area contributed by atoms with Crippen molar-refractivity contribution >= 4 is 17.7 Å². The van der Waals surface area contributed by atoms with Crippen molar-refractivity contribution in [2.75, 3.05) is 6.54 Å². The summed E-state index contributed by atoms with van der Waals surface area (Å²) in [5.41, 5.74) is 6.68. The minimum absolute atomic E-state index is 0.120. The lowest BCUT2D eigenvalue weighted by molar-refractivity contribution is -0.136. The SMILES string of the molecule is O=C1CCC(N2Cc3cccc(CNCc4cccc5c4CCNC5)c3C2=O)C(=O)N1. The second kappa shape index (κ2) is 8.24. The highest BCUT2D eigenvalue weighted by atomic mass is 16.2. The number of piperidine rings is 1. The number of carbonyl (C=O) groups is 3. The number of carbonyl (C=O) groups excluding carboxylic acids is 3. The van der Waals surface area contributed by atoms with Crippen LogP contribution in [0.25, 0.3) is 0 Å². The molecule has 3 aliphatic heterocycles. The molecule has 1 saturated heterocycles. The number of nitrogens with one attached hydrogen (secondary N) is 3. The maximum atomic E-state index is 13.2. The predicted octanol–water partition coefficient (Wildman–Crippen LogP) is 1.38. The molecule has 31 heavy (non-hydrogen) atoms. The third kappa shape index (κ3) is 3.75. The smallest absolute Gasteiger partial charge is 0.255 e. The number of nitrogens with zero attached hydrogens (tertiary/aromatic N) is 1. The first kappa shape index (κ1) is 19.9. The van der Waals surface area contributed by atoms with E-state index in [1.165, 1.54) is 16.7 Å². The summed E-state index contributed by atoms with van der Waals surface area (Å²) < 4.78 is 0. The number of benzene rings is 2. The normalized spacial score (nSPS) is 20.5. The van der Waals surface area contributed by atoms with E-state index in [0.717, 1.165) is 37.2 Å². The van der Waals surface area contributed by atoms with E-state index in [9.17, 15) is 14.4 Å². The van der Waals surface area contributed by atoms with Gasteiger partial charge in [-0.3, -0.25) is 19.7 Å². The fraction of sp³-hybridized carbons (Fsp3) is 0.375. The molecule has 1 unspecified atom stereocenters. The van der Waals surface area contributed by atoms with E-state index in [0.29, 0.717) is 25.1 Å². The molecule has 1 fully saturated rings. The second-order valence-corrected chi connectivity index (χ2v) is 8.44. The van der Waals surface area contributed by atoms with Crippen molar-refractivity contribution in [1.29, 1.82) is 0 Å². The number of rotatable bonds is 5. The molecule has 0 radical (unpaired) electrons. The van der Waals surface area contributed by atoms with E-state index in [1.54, 1.807) is 4.90 Å². The van der Waals surface area contributed by atoms with Crippen LogP contribution in [0, 0.1) is 0 Å². The van der Waals surface area contributed by atoms with Crippen LogP contribution in [0.15, 0.2) is 36.4 Å². The topological polar surface area (TPSA) is 90.5 Å². The predicted molar refractivity (Wildman–Crippen MR) is 115 cm³/mol. The average Bonchev–Trinajstić information content (AvgIpc) is 3.11. The largest absolute Gasteiger partial charge is 0.322 e. The standard InChI is InChI=1S/C24H26N4O3/c29-21-8-7-20(23(30)27-21)28-14-18-6-2-5-17(22(18)24(28)31)13-26-12-16-4-1-3-15-11-25-10-9-19(15)16/h1-6,20,25-26H,7-14H2,(H,27,29,30). The van der Waals surface area contributed by atoms with Gasteiger partial charge in [-0.2, -0.15) is 0 Å². The van der Waals surface area contributed by atoms with E-state index in [4.69, 9.17) is 0 Å². The van der Waals surface area contributed by atoms with Crippen molar-refractivity contribution < 1.29 is 14.4 Å². The Balaban J connectivity index is 1.29. The van der Waals surface area contributed by atoms with Gasteiger partial charge in [0.2, 0.25) is 11.8 Å². The summed E-state index contributed by atoms with van der Waals surface area (Å²) in [5, 5.41) is 9.28. The van der Waals surface area contributed by atoms with E-state index in [1.807, 2.05) is 18.2 Å². The lowest BCUT2D eigenvalue weighted by atomic mass is 9.95. The molecule has 2 aromatic carbocycles. The lowest BCUT2D eigenvalue weighted by Crippen LogP contribution is -2.52. The van der Waals surface area contributed by atoms with Crippen molar-refractivity contribution in [1.82, 2.24) is 20.9 Å². The van der Waals surface area contributed by atoms with Gasteiger partial charge in [0.15, 0.2) is 0 Å². The van der Waals surface area contributed by atoms with Gasteiger partial charge in [0.05, 0.1) is 0 Å². The molecule has 0 aliphatic carbocycles. The highest BCUT2D eigenvalue weighted by Gasteiger charge is 2.39. The zero-order valence-electron chi connectivity index (χ0n) is 17.4. The number of imide groups is 1. The number of amides is 3. The summed E-state index contributed by atoms with van der Waals surface area (Å²) in [5.74, 6) is -0.764. The molecule has 3 aliphatic rings. The Morgan fingerprint density at radius 3 is 2.58 bits per heavy atom. The van der Waals surface area contributed by atoms with Crippen LogP contribution in [0.4, 0.5) is 0 Å². The molecule has 0 spiro atoms.